The molecule has 156 valence electrons. The molecule has 1 amide bonds. The number of carbonyl (C=O) groups is 2. The van der Waals surface area contributed by atoms with E-state index < -0.39 is 22.6 Å². The van der Waals surface area contributed by atoms with Crippen molar-refractivity contribution in [2.75, 3.05) is 13.7 Å². The summed E-state index contributed by atoms with van der Waals surface area (Å²) in [7, 11) is -1.99. The first-order valence-electron chi connectivity index (χ1n) is 9.22. The largest absolute Gasteiger partial charge is 0.452 e. The maximum Gasteiger partial charge on any atom is 0.338 e. The summed E-state index contributed by atoms with van der Waals surface area (Å²) in [5, 5.41) is 0. The van der Waals surface area contributed by atoms with Gasteiger partial charge in [0.05, 0.1) is 16.5 Å². The third-order valence-corrected chi connectivity index (χ3v) is 6.05. The molecule has 0 heterocycles. The molecule has 0 fully saturated rings. The highest BCUT2D eigenvalue weighted by Gasteiger charge is 2.20. The van der Waals surface area contributed by atoms with Gasteiger partial charge in [0, 0.05) is 13.1 Å². The van der Waals surface area contributed by atoms with Crippen LogP contribution in [0.2, 0.25) is 0 Å². The number of carbonyl (C=O) groups excluding carboxylic acids is 2. The third kappa shape index (κ3) is 6.13. The zero-order valence-electron chi connectivity index (χ0n) is 17.0. The van der Waals surface area contributed by atoms with Crippen molar-refractivity contribution >= 4 is 21.9 Å². The summed E-state index contributed by atoms with van der Waals surface area (Å²) >= 11 is 0. The van der Waals surface area contributed by atoms with Gasteiger partial charge in [0.1, 0.15) is 0 Å². The number of hydrogen-bond donors (Lipinski definition) is 1. The molecule has 2 aromatic rings. The molecule has 2 aromatic carbocycles. The van der Waals surface area contributed by atoms with Gasteiger partial charge in [-0.05, 0) is 50.6 Å². The first kappa shape index (κ1) is 22.6. The highest BCUT2D eigenvalue weighted by atomic mass is 32.2. The van der Waals surface area contributed by atoms with E-state index in [4.69, 9.17) is 4.74 Å². The molecule has 29 heavy (non-hydrogen) atoms. The second kappa shape index (κ2) is 9.67. The lowest BCUT2D eigenvalue weighted by molar-refractivity contribution is -0.135. The molecule has 7 nitrogen and oxygen atoms in total. The van der Waals surface area contributed by atoms with E-state index in [1.54, 1.807) is 20.9 Å². The summed E-state index contributed by atoms with van der Waals surface area (Å²) in [5.74, 6) is -1.03. The van der Waals surface area contributed by atoms with E-state index in [9.17, 15) is 18.0 Å². The molecule has 0 aliphatic rings. The Morgan fingerprint density at radius 1 is 1.00 bits per heavy atom. The molecule has 0 spiro atoms. The maximum absolute atomic E-state index is 12.3. The Balaban J connectivity index is 1.96. The van der Waals surface area contributed by atoms with Gasteiger partial charge in [-0.3, -0.25) is 4.79 Å². The minimum Gasteiger partial charge on any atom is -0.452 e. The van der Waals surface area contributed by atoms with Crippen LogP contribution in [-0.4, -0.2) is 44.9 Å². The predicted octanol–water partition coefficient (Wildman–Crippen LogP) is 2.75. The monoisotopic (exact) mass is 418 g/mol. The summed E-state index contributed by atoms with van der Waals surface area (Å²) in [6, 6.07) is 14.5. The molecule has 2 rings (SSSR count). The molecule has 0 bridgehead atoms. The molecule has 0 aromatic heterocycles. The van der Waals surface area contributed by atoms with Gasteiger partial charge in [0.2, 0.25) is 10.0 Å². The number of rotatable bonds is 8. The first-order valence-corrected chi connectivity index (χ1v) is 10.7. The Morgan fingerprint density at radius 2 is 1.59 bits per heavy atom. The number of nitrogens with zero attached hydrogens (tertiary/aromatic N) is 1. The Morgan fingerprint density at radius 3 is 2.14 bits per heavy atom. The molecular formula is C21H26N2O5S. The fourth-order valence-corrected chi connectivity index (χ4v) is 3.88. The van der Waals surface area contributed by atoms with Crippen molar-refractivity contribution in [3.8, 4) is 0 Å². The zero-order chi connectivity index (χ0) is 21.6. The van der Waals surface area contributed by atoms with Gasteiger partial charge in [0.15, 0.2) is 6.61 Å². The van der Waals surface area contributed by atoms with Crippen LogP contribution in [0.3, 0.4) is 0 Å². The number of amides is 1. The lowest BCUT2D eigenvalue weighted by Crippen LogP contribution is -2.33. The number of esters is 1. The zero-order valence-corrected chi connectivity index (χ0v) is 17.8. The number of benzene rings is 2. The molecular weight excluding hydrogens is 392 g/mol. The topological polar surface area (TPSA) is 92.8 Å². The highest BCUT2D eigenvalue weighted by molar-refractivity contribution is 7.89. The van der Waals surface area contributed by atoms with Crippen LogP contribution in [0.25, 0.3) is 0 Å². The number of ether oxygens (including phenoxy) is 1. The van der Waals surface area contributed by atoms with Crippen LogP contribution in [-0.2, 0) is 19.6 Å². The van der Waals surface area contributed by atoms with Crippen molar-refractivity contribution in [3.05, 3.63) is 65.7 Å². The molecule has 0 saturated heterocycles. The van der Waals surface area contributed by atoms with Crippen LogP contribution < -0.4 is 4.72 Å². The predicted molar refractivity (Wildman–Crippen MR) is 110 cm³/mol. The number of nitrogens with one attached hydrogen (secondary N) is 1. The average molecular weight is 419 g/mol. The fraction of sp³-hybridized carbons (Fsp3) is 0.333. The fourth-order valence-electron chi connectivity index (χ4n) is 2.63. The third-order valence-electron chi connectivity index (χ3n) is 4.37. The van der Waals surface area contributed by atoms with Gasteiger partial charge >= 0.3 is 5.97 Å². The molecule has 8 heteroatoms. The van der Waals surface area contributed by atoms with Crippen molar-refractivity contribution in [2.24, 2.45) is 0 Å². The van der Waals surface area contributed by atoms with Crippen LogP contribution >= 0.6 is 0 Å². The maximum atomic E-state index is 12.3. The van der Waals surface area contributed by atoms with Crippen molar-refractivity contribution in [1.29, 1.82) is 0 Å². The van der Waals surface area contributed by atoms with E-state index in [2.05, 4.69) is 4.72 Å². The molecule has 0 aliphatic heterocycles. The highest BCUT2D eigenvalue weighted by Crippen LogP contribution is 2.18. The van der Waals surface area contributed by atoms with Crippen LogP contribution in [0.4, 0.5) is 0 Å². The molecule has 0 saturated carbocycles. The van der Waals surface area contributed by atoms with Crippen LogP contribution in [0.1, 0.15) is 42.7 Å². The summed E-state index contributed by atoms with van der Waals surface area (Å²) in [6.45, 7) is 4.92. The van der Waals surface area contributed by atoms with E-state index in [1.165, 1.54) is 29.2 Å². The molecule has 1 atom stereocenters. The molecule has 1 N–H and O–H groups in total. The van der Waals surface area contributed by atoms with E-state index in [0.717, 1.165) is 5.56 Å². The number of likely N-dealkylation sites (N-methyl/N-ethyl adjacent to an activating group) is 1. The molecule has 0 radical (unpaired) electrons. The van der Waals surface area contributed by atoms with Gasteiger partial charge in [0.25, 0.3) is 5.91 Å². The van der Waals surface area contributed by atoms with Gasteiger partial charge < -0.3 is 9.64 Å². The van der Waals surface area contributed by atoms with Gasteiger partial charge in [-0.2, -0.15) is 0 Å². The number of sulfonamides is 1. The van der Waals surface area contributed by atoms with Gasteiger partial charge in [-0.15, -0.1) is 0 Å². The quantitative estimate of drug-likeness (QED) is 0.666. The average Bonchev–Trinajstić information content (AvgIpc) is 2.70. The van der Waals surface area contributed by atoms with Gasteiger partial charge in [-0.25, -0.2) is 17.9 Å². The van der Waals surface area contributed by atoms with E-state index >= 15 is 0 Å². The second-order valence-electron chi connectivity index (χ2n) is 6.97. The smallest absolute Gasteiger partial charge is 0.338 e. The Kier molecular flexibility index (Phi) is 7.53. The summed E-state index contributed by atoms with van der Waals surface area (Å²) in [6.07, 6.45) is 0. The Bertz CT molecular complexity index is 941. The second-order valence-corrected chi connectivity index (χ2v) is 8.68. The minimum atomic E-state index is -3.64. The van der Waals surface area contributed by atoms with Crippen molar-refractivity contribution in [2.45, 2.75) is 37.8 Å². The molecule has 0 aliphatic carbocycles. The van der Waals surface area contributed by atoms with Crippen molar-refractivity contribution < 1.29 is 22.7 Å². The first-order chi connectivity index (χ1) is 13.6. The van der Waals surface area contributed by atoms with E-state index in [1.807, 2.05) is 37.3 Å². The van der Waals surface area contributed by atoms with E-state index in [-0.39, 0.29) is 28.4 Å². The van der Waals surface area contributed by atoms with E-state index in [0.29, 0.717) is 0 Å². The summed E-state index contributed by atoms with van der Waals surface area (Å²) in [4.78, 5) is 26.1. The molecule has 1 unspecified atom stereocenters. The standard InChI is InChI=1S/C21H26N2O5S/c1-15(2)22-29(26,27)19-12-10-18(11-13-19)21(25)28-14-20(24)23(4)16(3)17-8-6-5-7-9-17/h5-13,15-16,22H,14H2,1-4H3. The summed E-state index contributed by atoms with van der Waals surface area (Å²) in [5.41, 5.74) is 1.14. The van der Waals surface area contributed by atoms with Crippen molar-refractivity contribution in [1.82, 2.24) is 9.62 Å². The Labute approximate surface area is 171 Å². The van der Waals surface area contributed by atoms with Crippen LogP contribution in [0, 0.1) is 0 Å². The van der Waals surface area contributed by atoms with Crippen molar-refractivity contribution in [3.63, 3.8) is 0 Å². The van der Waals surface area contributed by atoms with Crippen LogP contribution in [0.5, 0.6) is 0 Å². The summed E-state index contributed by atoms with van der Waals surface area (Å²) < 4.78 is 31.8. The number of hydrogen-bond acceptors (Lipinski definition) is 5. The SMILES string of the molecule is CC(C)NS(=O)(=O)c1ccc(C(=O)OCC(=O)N(C)C(C)c2ccccc2)cc1. The lowest BCUT2D eigenvalue weighted by Gasteiger charge is -2.25. The minimum absolute atomic E-state index is 0.0512. The Hall–Kier alpha value is -2.71. The normalized spacial score (nSPS) is 12.4. The lowest BCUT2D eigenvalue weighted by atomic mass is 10.1. The van der Waals surface area contributed by atoms with Gasteiger partial charge in [-0.1, -0.05) is 30.3 Å². The van der Waals surface area contributed by atoms with Crippen LogP contribution in [0.15, 0.2) is 59.5 Å².